The number of allylic oxidation sites excluding steroid dienone is 2. The number of rotatable bonds is 5. The van der Waals surface area contributed by atoms with Gasteiger partial charge in [-0.1, -0.05) is 152 Å². The van der Waals surface area contributed by atoms with Crippen LogP contribution in [0.2, 0.25) is 0 Å². The maximum Gasteiger partial charge on any atom is 0.238 e. The molecular weight excluding hydrogens is 697 g/mol. The van der Waals surface area contributed by atoms with Crippen LogP contribution in [0, 0.1) is 0 Å². The molecule has 3 aromatic heterocycles. The number of hydrogen-bond donors (Lipinski definition) is 0. The first-order valence-corrected chi connectivity index (χ1v) is 19.5. The van der Waals surface area contributed by atoms with Gasteiger partial charge in [-0.3, -0.25) is 4.57 Å². The van der Waals surface area contributed by atoms with Gasteiger partial charge in [-0.2, -0.15) is 9.97 Å². The summed E-state index contributed by atoms with van der Waals surface area (Å²) in [6.07, 6.45) is 9.02. The minimum Gasteiger partial charge on any atom is -0.332 e. The van der Waals surface area contributed by atoms with E-state index in [1.807, 2.05) is 18.2 Å². The second kappa shape index (κ2) is 12.5. The number of nitrogens with zero attached hydrogens (tertiary/aromatic N) is 6. The molecule has 6 nitrogen and oxygen atoms in total. The maximum atomic E-state index is 5.42. The summed E-state index contributed by atoms with van der Waals surface area (Å²) in [4.78, 5) is 18.5. The van der Waals surface area contributed by atoms with Crippen molar-refractivity contribution in [2.75, 3.05) is 4.90 Å². The molecule has 0 amide bonds. The van der Waals surface area contributed by atoms with Gasteiger partial charge in [0.05, 0.1) is 33.8 Å². The summed E-state index contributed by atoms with van der Waals surface area (Å²) >= 11 is 0. The number of hydrogen-bond acceptors (Lipinski definition) is 4. The largest absolute Gasteiger partial charge is 0.332 e. The summed E-state index contributed by atoms with van der Waals surface area (Å²) in [6.45, 7) is 0. The molecule has 10 aromatic rings. The summed E-state index contributed by atoms with van der Waals surface area (Å²) in [5.41, 5.74) is 11.0. The van der Waals surface area contributed by atoms with E-state index in [0.717, 1.165) is 55.3 Å². The Morgan fingerprint density at radius 2 is 0.982 bits per heavy atom. The third-order valence-electron chi connectivity index (χ3n) is 11.7. The van der Waals surface area contributed by atoms with Crippen LogP contribution in [-0.2, 0) is 0 Å². The summed E-state index contributed by atoms with van der Waals surface area (Å²) in [5.74, 6) is 2.02. The molecule has 0 radical (unpaired) electrons. The molecule has 4 heterocycles. The fraction of sp³-hybridized carbons (Fsp3) is 0.0392. The molecule has 268 valence electrons. The molecular formula is C51H34N6. The van der Waals surface area contributed by atoms with E-state index in [9.17, 15) is 0 Å². The molecule has 57 heavy (non-hydrogen) atoms. The van der Waals surface area contributed by atoms with Gasteiger partial charge < -0.3 is 9.47 Å². The Morgan fingerprint density at radius 3 is 1.70 bits per heavy atom. The smallest absolute Gasteiger partial charge is 0.238 e. The molecule has 1 aliphatic heterocycles. The SMILES string of the molecule is C1=CC2c3ccc4c5ccccc5n(-c5nc(-c6ccccc6)nc(-c6cccc(-n7c8ccccc8c8ccccc87)c6)n5)c4c3N(c3ccccc3)C2C=C1. The first kappa shape index (κ1) is 31.7. The van der Waals surface area contributed by atoms with Crippen LogP contribution < -0.4 is 4.90 Å². The van der Waals surface area contributed by atoms with Crippen molar-refractivity contribution in [2.45, 2.75) is 12.0 Å². The van der Waals surface area contributed by atoms with Gasteiger partial charge in [0.1, 0.15) is 0 Å². The molecule has 2 unspecified atom stereocenters. The normalized spacial score (nSPS) is 15.9. The monoisotopic (exact) mass is 730 g/mol. The van der Waals surface area contributed by atoms with Crippen molar-refractivity contribution in [1.29, 1.82) is 0 Å². The molecule has 7 aromatic carbocycles. The number of anilines is 2. The van der Waals surface area contributed by atoms with E-state index in [0.29, 0.717) is 17.6 Å². The van der Waals surface area contributed by atoms with Crippen molar-refractivity contribution < 1.29 is 0 Å². The van der Waals surface area contributed by atoms with Crippen LogP contribution in [0.1, 0.15) is 11.5 Å². The minimum absolute atomic E-state index is 0.141. The van der Waals surface area contributed by atoms with Gasteiger partial charge in [0.25, 0.3) is 0 Å². The van der Waals surface area contributed by atoms with Gasteiger partial charge in [-0.15, -0.1) is 0 Å². The lowest BCUT2D eigenvalue weighted by Gasteiger charge is -2.29. The van der Waals surface area contributed by atoms with Gasteiger partial charge in [0.2, 0.25) is 5.95 Å². The lowest BCUT2D eigenvalue weighted by Crippen LogP contribution is -2.28. The molecule has 12 rings (SSSR count). The predicted octanol–water partition coefficient (Wildman–Crippen LogP) is 12.1. The fourth-order valence-corrected chi connectivity index (χ4v) is 9.25. The van der Waals surface area contributed by atoms with Crippen molar-refractivity contribution in [1.82, 2.24) is 24.1 Å². The highest BCUT2D eigenvalue weighted by molar-refractivity contribution is 6.15. The van der Waals surface area contributed by atoms with E-state index >= 15 is 0 Å². The molecule has 6 heteroatoms. The molecule has 0 fully saturated rings. The topological polar surface area (TPSA) is 51.8 Å². The van der Waals surface area contributed by atoms with Crippen LogP contribution in [-0.4, -0.2) is 30.1 Å². The second-order valence-electron chi connectivity index (χ2n) is 14.8. The molecule has 2 aliphatic rings. The van der Waals surface area contributed by atoms with Crippen molar-refractivity contribution in [2.24, 2.45) is 0 Å². The highest BCUT2D eigenvalue weighted by atomic mass is 15.2. The summed E-state index contributed by atoms with van der Waals surface area (Å²) in [6, 6.07) is 60.2. The van der Waals surface area contributed by atoms with E-state index in [1.165, 1.54) is 22.0 Å². The van der Waals surface area contributed by atoms with Crippen LogP contribution in [0.4, 0.5) is 11.4 Å². The highest BCUT2D eigenvalue weighted by Gasteiger charge is 2.40. The number of aromatic nitrogens is 5. The van der Waals surface area contributed by atoms with Gasteiger partial charge in [0.15, 0.2) is 11.6 Å². The molecule has 1 aliphatic carbocycles. The Kier molecular flexibility index (Phi) is 6.95. The number of fused-ring (bicyclic) bond motifs is 10. The van der Waals surface area contributed by atoms with Crippen LogP contribution in [0.15, 0.2) is 194 Å². The van der Waals surface area contributed by atoms with Crippen LogP contribution in [0.25, 0.3) is 78.0 Å². The first-order valence-electron chi connectivity index (χ1n) is 19.5. The quantitative estimate of drug-likeness (QED) is 0.177. The average Bonchev–Trinajstić information content (AvgIpc) is 3.93. The lowest BCUT2D eigenvalue weighted by atomic mass is 9.91. The van der Waals surface area contributed by atoms with E-state index in [4.69, 9.17) is 15.0 Å². The number of para-hydroxylation sites is 4. The molecule has 0 saturated heterocycles. The molecule has 0 spiro atoms. The third-order valence-corrected chi connectivity index (χ3v) is 11.7. The molecule has 0 N–H and O–H groups in total. The molecule has 0 saturated carbocycles. The van der Waals surface area contributed by atoms with Crippen molar-refractivity contribution in [3.05, 3.63) is 200 Å². The molecule has 2 atom stereocenters. The Morgan fingerprint density at radius 1 is 0.421 bits per heavy atom. The third kappa shape index (κ3) is 4.80. The van der Waals surface area contributed by atoms with Crippen molar-refractivity contribution >= 4 is 55.0 Å². The van der Waals surface area contributed by atoms with E-state index in [-0.39, 0.29) is 12.0 Å². The molecule has 0 bridgehead atoms. The summed E-state index contributed by atoms with van der Waals surface area (Å²) in [7, 11) is 0. The Bertz CT molecular complexity index is 3210. The highest BCUT2D eigenvalue weighted by Crippen LogP contribution is 2.52. The van der Waals surface area contributed by atoms with Crippen LogP contribution in [0.3, 0.4) is 0 Å². The Balaban J connectivity index is 1.13. The zero-order valence-electron chi connectivity index (χ0n) is 30.8. The Labute approximate surface area is 328 Å². The summed E-state index contributed by atoms with van der Waals surface area (Å²) in [5, 5.41) is 4.76. The van der Waals surface area contributed by atoms with Crippen molar-refractivity contribution in [3.8, 4) is 34.4 Å². The average molecular weight is 731 g/mol. The van der Waals surface area contributed by atoms with Crippen LogP contribution >= 0.6 is 0 Å². The zero-order chi connectivity index (χ0) is 37.5. The number of benzene rings is 7. The van der Waals surface area contributed by atoms with Crippen LogP contribution in [0.5, 0.6) is 0 Å². The van der Waals surface area contributed by atoms with Gasteiger partial charge in [0, 0.05) is 50.0 Å². The van der Waals surface area contributed by atoms with E-state index < -0.39 is 0 Å². The zero-order valence-corrected chi connectivity index (χ0v) is 30.8. The second-order valence-corrected chi connectivity index (χ2v) is 14.8. The van der Waals surface area contributed by atoms with Crippen molar-refractivity contribution in [3.63, 3.8) is 0 Å². The van der Waals surface area contributed by atoms with Gasteiger partial charge in [-0.25, -0.2) is 4.98 Å². The Hall–Kier alpha value is -7.57. The minimum atomic E-state index is 0.141. The van der Waals surface area contributed by atoms with Gasteiger partial charge >= 0.3 is 0 Å². The predicted molar refractivity (Wildman–Crippen MR) is 233 cm³/mol. The fourth-order valence-electron chi connectivity index (χ4n) is 9.25. The van der Waals surface area contributed by atoms with E-state index in [1.54, 1.807) is 0 Å². The summed E-state index contributed by atoms with van der Waals surface area (Å²) < 4.78 is 4.61. The lowest BCUT2D eigenvalue weighted by molar-refractivity contribution is 0.745. The van der Waals surface area contributed by atoms with E-state index in [2.05, 4.69) is 190 Å². The maximum absolute atomic E-state index is 5.42. The van der Waals surface area contributed by atoms with Gasteiger partial charge in [-0.05, 0) is 48.0 Å². The standard InChI is InChI=1S/C51H34N6/c1-3-16-33(17-4-1)49-52-50(34-18-15-21-36(32-34)55-43-26-11-7-22-37(43)38-23-8-12-27-44(38)55)54-51(53-49)57-46-29-14-10-25-40(46)42-31-30-41-39-24-9-13-28-45(39)56(47(41)48(42)57)35-19-5-2-6-20-35/h1-32,39,45H. The first-order chi connectivity index (χ1) is 28.3.